The highest BCUT2D eigenvalue weighted by Crippen LogP contribution is 2.35. The lowest BCUT2D eigenvalue weighted by molar-refractivity contribution is -0.128. The van der Waals surface area contributed by atoms with Gasteiger partial charge in [-0.05, 0) is 42.0 Å². The highest BCUT2D eigenvalue weighted by atomic mass is 35.5. The fraction of sp³-hybridized carbons (Fsp3) is 0.208. The molecule has 0 bridgehead atoms. The number of likely N-dealkylation sites (N-methyl/N-ethyl adjacent to an activating group) is 1. The van der Waals surface area contributed by atoms with Gasteiger partial charge in [-0.15, -0.1) is 0 Å². The first-order valence-corrected chi connectivity index (χ1v) is 11.9. The van der Waals surface area contributed by atoms with Crippen LogP contribution < -0.4 is 13.8 Å². The van der Waals surface area contributed by atoms with Crippen LogP contribution in [0.4, 0.5) is 5.69 Å². The maximum Gasteiger partial charge on any atom is 0.264 e. The van der Waals surface area contributed by atoms with Crippen molar-refractivity contribution in [3.05, 3.63) is 83.4 Å². The molecular weight excluding hydrogens is 464 g/mol. The Morgan fingerprint density at radius 1 is 0.939 bits per heavy atom. The van der Waals surface area contributed by atoms with Crippen molar-refractivity contribution in [2.45, 2.75) is 11.4 Å². The largest absolute Gasteiger partial charge is 0.497 e. The summed E-state index contributed by atoms with van der Waals surface area (Å²) in [6, 6.07) is 19.8. The molecule has 3 aromatic carbocycles. The Kier molecular flexibility index (Phi) is 7.84. The number of hydrogen-bond acceptors (Lipinski definition) is 5. The first-order valence-electron chi connectivity index (χ1n) is 10.0. The van der Waals surface area contributed by atoms with Crippen LogP contribution in [0.1, 0.15) is 5.56 Å². The minimum atomic E-state index is -4.09. The number of hydrogen-bond donors (Lipinski definition) is 0. The van der Waals surface area contributed by atoms with Gasteiger partial charge in [0.2, 0.25) is 5.91 Å². The van der Waals surface area contributed by atoms with Gasteiger partial charge in [-0.3, -0.25) is 9.10 Å². The Morgan fingerprint density at radius 3 is 2.21 bits per heavy atom. The molecule has 0 heterocycles. The quantitative estimate of drug-likeness (QED) is 0.451. The van der Waals surface area contributed by atoms with E-state index in [0.717, 1.165) is 9.87 Å². The standard InChI is InChI=1S/C24H25ClN2O5S/c1-26(16-18-9-11-19(25)12-10-18)24(28)17-27(33(29,30)21-7-5-4-6-8-21)22-15-20(31-2)13-14-23(22)32-3/h4-15H,16-17H2,1-3H3. The molecule has 0 aliphatic rings. The molecule has 0 saturated heterocycles. The van der Waals surface area contributed by atoms with Crippen molar-refractivity contribution >= 4 is 33.2 Å². The first-order chi connectivity index (χ1) is 15.8. The third kappa shape index (κ3) is 5.77. The molecule has 3 aromatic rings. The molecule has 174 valence electrons. The van der Waals surface area contributed by atoms with Crippen LogP contribution in [0.25, 0.3) is 0 Å². The molecule has 1 amide bonds. The van der Waals surface area contributed by atoms with Crippen LogP contribution in [0.3, 0.4) is 0 Å². The maximum atomic E-state index is 13.6. The third-order valence-corrected chi connectivity index (χ3v) is 7.05. The molecule has 3 rings (SSSR count). The number of carbonyl (C=O) groups excluding carboxylic acids is 1. The zero-order valence-electron chi connectivity index (χ0n) is 18.6. The SMILES string of the molecule is COc1ccc(OC)c(N(CC(=O)N(C)Cc2ccc(Cl)cc2)S(=O)(=O)c2ccccc2)c1. The van der Waals surface area contributed by atoms with Gasteiger partial charge < -0.3 is 14.4 Å². The zero-order valence-corrected chi connectivity index (χ0v) is 20.1. The number of methoxy groups -OCH3 is 2. The van der Waals surface area contributed by atoms with Crippen molar-refractivity contribution in [3.8, 4) is 11.5 Å². The second-order valence-corrected chi connectivity index (χ2v) is 9.54. The van der Waals surface area contributed by atoms with Gasteiger partial charge in [-0.2, -0.15) is 0 Å². The van der Waals surface area contributed by atoms with E-state index in [0.29, 0.717) is 23.1 Å². The van der Waals surface area contributed by atoms with Gasteiger partial charge in [-0.25, -0.2) is 8.42 Å². The molecule has 0 fully saturated rings. The Hall–Kier alpha value is -3.23. The molecule has 0 N–H and O–H groups in total. The minimum absolute atomic E-state index is 0.0584. The Balaban J connectivity index is 1.99. The van der Waals surface area contributed by atoms with Gasteiger partial charge in [0.25, 0.3) is 10.0 Å². The van der Waals surface area contributed by atoms with Crippen LogP contribution in [0.15, 0.2) is 77.7 Å². The fourth-order valence-electron chi connectivity index (χ4n) is 3.21. The molecule has 7 nitrogen and oxygen atoms in total. The summed E-state index contributed by atoms with van der Waals surface area (Å²) in [6.07, 6.45) is 0. The van der Waals surface area contributed by atoms with Crippen molar-refractivity contribution < 1.29 is 22.7 Å². The maximum absolute atomic E-state index is 13.6. The van der Waals surface area contributed by atoms with E-state index in [-0.39, 0.29) is 10.6 Å². The van der Waals surface area contributed by atoms with Gasteiger partial charge >= 0.3 is 0 Å². The lowest BCUT2D eigenvalue weighted by atomic mass is 10.2. The molecular formula is C24H25ClN2O5S. The van der Waals surface area contributed by atoms with E-state index in [9.17, 15) is 13.2 Å². The van der Waals surface area contributed by atoms with Crippen LogP contribution in [0.5, 0.6) is 11.5 Å². The smallest absolute Gasteiger partial charge is 0.264 e. The number of amides is 1. The van der Waals surface area contributed by atoms with Crippen LogP contribution in [0, 0.1) is 0 Å². The topological polar surface area (TPSA) is 76.2 Å². The minimum Gasteiger partial charge on any atom is -0.497 e. The highest BCUT2D eigenvalue weighted by Gasteiger charge is 2.30. The predicted octanol–water partition coefficient (Wildman–Crippen LogP) is 4.21. The van der Waals surface area contributed by atoms with Crippen molar-refractivity contribution in [2.75, 3.05) is 32.1 Å². The number of sulfonamides is 1. The summed E-state index contributed by atoms with van der Waals surface area (Å²) in [7, 11) is 0.449. The van der Waals surface area contributed by atoms with Gasteiger partial charge in [0.15, 0.2) is 0 Å². The number of halogens is 1. The summed E-state index contributed by atoms with van der Waals surface area (Å²) < 4.78 is 38.9. The van der Waals surface area contributed by atoms with Gasteiger partial charge in [0.05, 0.1) is 24.8 Å². The average molecular weight is 489 g/mol. The van der Waals surface area contributed by atoms with E-state index in [1.807, 2.05) is 12.1 Å². The normalized spacial score (nSPS) is 11.0. The number of rotatable bonds is 9. The van der Waals surface area contributed by atoms with Crippen molar-refractivity contribution in [3.63, 3.8) is 0 Å². The Morgan fingerprint density at radius 2 is 1.61 bits per heavy atom. The molecule has 0 aliphatic heterocycles. The molecule has 0 aromatic heterocycles. The molecule has 33 heavy (non-hydrogen) atoms. The number of ether oxygens (including phenoxy) is 2. The predicted molar refractivity (Wildman–Crippen MR) is 128 cm³/mol. The van der Waals surface area contributed by atoms with E-state index in [4.69, 9.17) is 21.1 Å². The van der Waals surface area contributed by atoms with E-state index in [2.05, 4.69) is 0 Å². The fourth-order valence-corrected chi connectivity index (χ4v) is 4.77. The average Bonchev–Trinajstić information content (AvgIpc) is 2.83. The number of anilines is 1. The highest BCUT2D eigenvalue weighted by molar-refractivity contribution is 7.92. The van der Waals surface area contributed by atoms with Crippen LogP contribution in [0.2, 0.25) is 5.02 Å². The lowest BCUT2D eigenvalue weighted by Crippen LogP contribution is -2.41. The number of benzene rings is 3. The van der Waals surface area contributed by atoms with E-state index in [1.54, 1.807) is 49.5 Å². The Bertz CT molecular complexity index is 1200. The molecule has 0 spiro atoms. The summed E-state index contributed by atoms with van der Waals surface area (Å²) in [5.41, 5.74) is 1.07. The molecule has 0 radical (unpaired) electrons. The van der Waals surface area contributed by atoms with E-state index >= 15 is 0 Å². The lowest BCUT2D eigenvalue weighted by Gasteiger charge is -2.28. The third-order valence-electron chi connectivity index (χ3n) is 5.02. The summed E-state index contributed by atoms with van der Waals surface area (Å²) in [4.78, 5) is 14.7. The zero-order chi connectivity index (χ0) is 24.0. The van der Waals surface area contributed by atoms with E-state index < -0.39 is 22.5 Å². The van der Waals surface area contributed by atoms with Crippen LogP contribution >= 0.6 is 11.6 Å². The van der Waals surface area contributed by atoms with Crippen LogP contribution in [-0.4, -0.2) is 47.0 Å². The summed E-state index contributed by atoms with van der Waals surface area (Å²) >= 11 is 5.93. The number of nitrogens with zero attached hydrogens (tertiary/aromatic N) is 2. The molecule has 0 saturated carbocycles. The molecule has 0 unspecified atom stereocenters. The number of carbonyl (C=O) groups is 1. The first kappa shape index (κ1) is 24.4. The van der Waals surface area contributed by atoms with Crippen molar-refractivity contribution in [1.82, 2.24) is 4.90 Å². The Labute approximate surface area is 199 Å². The molecule has 0 aliphatic carbocycles. The van der Waals surface area contributed by atoms with Gasteiger partial charge in [-0.1, -0.05) is 41.9 Å². The molecule has 0 atom stereocenters. The summed E-state index contributed by atoms with van der Waals surface area (Å²) in [5.74, 6) is 0.332. The summed E-state index contributed by atoms with van der Waals surface area (Å²) in [5, 5.41) is 0.595. The second-order valence-electron chi connectivity index (χ2n) is 7.24. The van der Waals surface area contributed by atoms with Gasteiger partial charge in [0, 0.05) is 24.7 Å². The van der Waals surface area contributed by atoms with Crippen LogP contribution in [-0.2, 0) is 21.4 Å². The summed E-state index contributed by atoms with van der Waals surface area (Å²) in [6.45, 7) is -0.130. The van der Waals surface area contributed by atoms with Gasteiger partial charge in [0.1, 0.15) is 18.0 Å². The molecule has 9 heteroatoms. The van der Waals surface area contributed by atoms with Crippen molar-refractivity contribution in [1.29, 1.82) is 0 Å². The second kappa shape index (κ2) is 10.6. The monoisotopic (exact) mass is 488 g/mol. The van der Waals surface area contributed by atoms with E-state index in [1.165, 1.54) is 37.3 Å². The van der Waals surface area contributed by atoms with Crippen molar-refractivity contribution in [2.24, 2.45) is 0 Å².